The summed E-state index contributed by atoms with van der Waals surface area (Å²) in [7, 11) is 2.76. The summed E-state index contributed by atoms with van der Waals surface area (Å²) in [6, 6.07) is 17.0. The molecule has 0 bridgehead atoms. The highest BCUT2D eigenvalue weighted by atomic mass is 32.1. The number of ether oxygens (including phenoxy) is 1. The lowest BCUT2D eigenvalue weighted by molar-refractivity contribution is -0.130. The number of alkyl halides is 2. The number of amides is 1. The molecule has 1 amide bonds. The highest BCUT2D eigenvalue weighted by Crippen LogP contribution is 2.47. The molecule has 1 aliphatic heterocycles. The summed E-state index contributed by atoms with van der Waals surface area (Å²) in [6.45, 7) is 1.09. The predicted octanol–water partition coefficient (Wildman–Crippen LogP) is 4.81. The smallest absolute Gasteiger partial charge is 0.296 e. The van der Waals surface area contributed by atoms with Crippen molar-refractivity contribution in [2.75, 3.05) is 20.8 Å². The minimum absolute atomic E-state index is 0.0819. The normalized spacial score (nSPS) is 20.5. The number of hydrogen-bond acceptors (Lipinski definition) is 6. The maximum atomic E-state index is 14.3. The van der Waals surface area contributed by atoms with E-state index >= 15 is 0 Å². The van der Waals surface area contributed by atoms with Crippen molar-refractivity contribution in [2.24, 2.45) is 10.7 Å². The first kappa shape index (κ1) is 24.5. The number of nitrogens with two attached hydrogens (primary N) is 1. The number of aliphatic imine (C=N–C) groups is 1. The Morgan fingerprint density at radius 3 is 2.60 bits per heavy atom. The van der Waals surface area contributed by atoms with Crippen molar-refractivity contribution >= 4 is 23.2 Å². The molecule has 2 N–H and O–H groups in total. The standard InChI is InChI=1S/C26H24F2N4O2S/c1-25(21-12-19(14-35-21)18-6-4-5-16(11-18)13-29)22(23(33)32(2)24(30)31-25)17-7-9-20(10-8-17)26(27,28)15-34-3/h4-12,14,22H,15H2,1-3H3,(H2,30,31)/t22-,25-/m1/s1. The molecule has 0 radical (unpaired) electrons. The van der Waals surface area contributed by atoms with E-state index in [9.17, 15) is 18.8 Å². The van der Waals surface area contributed by atoms with Crippen molar-refractivity contribution in [2.45, 2.75) is 24.3 Å². The highest BCUT2D eigenvalue weighted by Gasteiger charge is 2.48. The van der Waals surface area contributed by atoms with Gasteiger partial charge in [0.15, 0.2) is 5.96 Å². The van der Waals surface area contributed by atoms with Gasteiger partial charge in [-0.1, -0.05) is 36.4 Å². The molecule has 1 aromatic heterocycles. The van der Waals surface area contributed by atoms with E-state index in [1.54, 1.807) is 19.2 Å². The summed E-state index contributed by atoms with van der Waals surface area (Å²) in [6.07, 6.45) is 0. The molecule has 0 fully saturated rings. The predicted molar refractivity (Wildman–Crippen MR) is 131 cm³/mol. The Bertz CT molecular complexity index is 1330. The van der Waals surface area contributed by atoms with Crippen LogP contribution >= 0.6 is 11.3 Å². The van der Waals surface area contributed by atoms with E-state index < -0.39 is 24.0 Å². The van der Waals surface area contributed by atoms with Gasteiger partial charge in [0.25, 0.3) is 5.92 Å². The van der Waals surface area contributed by atoms with Crippen molar-refractivity contribution in [3.8, 4) is 17.2 Å². The monoisotopic (exact) mass is 494 g/mol. The number of halogens is 2. The number of benzene rings is 2. The van der Waals surface area contributed by atoms with Crippen LogP contribution < -0.4 is 5.73 Å². The third kappa shape index (κ3) is 4.43. The van der Waals surface area contributed by atoms with E-state index in [2.05, 4.69) is 10.8 Å². The third-order valence-electron chi connectivity index (χ3n) is 6.25. The molecular weight excluding hydrogens is 470 g/mol. The number of guanidine groups is 1. The van der Waals surface area contributed by atoms with Gasteiger partial charge in [0.05, 0.1) is 17.6 Å². The molecule has 6 nitrogen and oxygen atoms in total. The van der Waals surface area contributed by atoms with Crippen LogP contribution in [-0.4, -0.2) is 37.5 Å². The van der Waals surface area contributed by atoms with Crippen molar-refractivity contribution in [1.82, 2.24) is 4.90 Å². The van der Waals surface area contributed by atoms with Crippen molar-refractivity contribution in [1.29, 1.82) is 5.26 Å². The molecule has 0 unspecified atom stereocenters. The molecule has 4 rings (SSSR count). The molecule has 0 aliphatic carbocycles. The Balaban J connectivity index is 1.78. The highest BCUT2D eigenvalue weighted by molar-refractivity contribution is 7.10. The summed E-state index contributed by atoms with van der Waals surface area (Å²) in [5, 5.41) is 11.2. The van der Waals surface area contributed by atoms with E-state index in [-0.39, 0.29) is 17.4 Å². The first-order valence-corrected chi connectivity index (χ1v) is 11.7. The number of carbonyl (C=O) groups is 1. The molecular formula is C26H24F2N4O2S. The maximum Gasteiger partial charge on any atom is 0.296 e. The lowest BCUT2D eigenvalue weighted by atomic mass is 9.77. The van der Waals surface area contributed by atoms with E-state index in [4.69, 9.17) is 10.7 Å². The van der Waals surface area contributed by atoms with Gasteiger partial charge in [-0.25, -0.2) is 4.99 Å². The van der Waals surface area contributed by atoms with E-state index in [0.29, 0.717) is 11.1 Å². The molecule has 3 aromatic rings. The van der Waals surface area contributed by atoms with E-state index in [1.807, 2.05) is 30.5 Å². The Morgan fingerprint density at radius 1 is 1.23 bits per heavy atom. The molecule has 2 heterocycles. The Labute approximate surface area is 206 Å². The number of hydrogen-bond donors (Lipinski definition) is 1. The molecule has 35 heavy (non-hydrogen) atoms. The fourth-order valence-corrected chi connectivity index (χ4v) is 5.35. The molecule has 180 valence electrons. The second-order valence-corrected chi connectivity index (χ2v) is 9.51. The maximum absolute atomic E-state index is 14.3. The summed E-state index contributed by atoms with van der Waals surface area (Å²) in [5.41, 5.74) is 7.70. The SMILES string of the molecule is COCC(F)(F)c1ccc([C@@H]2C(=O)N(C)C(N)=N[C@]2(C)c2cc(-c3cccc(C#N)c3)cs2)cc1. The van der Waals surface area contributed by atoms with Gasteiger partial charge in [-0.05, 0) is 47.2 Å². The number of methoxy groups -OCH3 is 1. The van der Waals surface area contributed by atoms with Crippen LogP contribution in [0.5, 0.6) is 0 Å². The van der Waals surface area contributed by atoms with E-state index in [0.717, 1.165) is 16.0 Å². The average molecular weight is 495 g/mol. The molecule has 0 saturated carbocycles. The molecule has 1 aliphatic rings. The topological polar surface area (TPSA) is 91.7 Å². The van der Waals surface area contributed by atoms with Crippen LogP contribution in [0.25, 0.3) is 11.1 Å². The van der Waals surface area contributed by atoms with Gasteiger partial charge in [-0.2, -0.15) is 14.0 Å². The second kappa shape index (κ2) is 9.21. The fourth-order valence-electron chi connectivity index (χ4n) is 4.29. The summed E-state index contributed by atoms with van der Waals surface area (Å²) in [4.78, 5) is 20.2. The zero-order valence-corrected chi connectivity index (χ0v) is 20.3. The zero-order valence-electron chi connectivity index (χ0n) is 19.5. The Hall–Kier alpha value is -3.61. The van der Waals surface area contributed by atoms with Crippen molar-refractivity contribution in [3.63, 3.8) is 0 Å². The number of rotatable bonds is 6. The molecule has 9 heteroatoms. The van der Waals surface area contributed by atoms with Crippen molar-refractivity contribution in [3.05, 3.63) is 81.5 Å². The molecule has 0 saturated heterocycles. The van der Waals surface area contributed by atoms with Gasteiger partial charge in [0.1, 0.15) is 12.1 Å². The minimum Gasteiger partial charge on any atom is -0.378 e. The van der Waals surface area contributed by atoms with Crippen LogP contribution in [0, 0.1) is 11.3 Å². The van der Waals surface area contributed by atoms with Gasteiger partial charge in [0.2, 0.25) is 5.91 Å². The van der Waals surface area contributed by atoms with Gasteiger partial charge in [-0.3, -0.25) is 9.69 Å². The van der Waals surface area contributed by atoms with Gasteiger partial charge >= 0.3 is 0 Å². The Morgan fingerprint density at radius 2 is 1.94 bits per heavy atom. The van der Waals surface area contributed by atoms with Gasteiger partial charge in [0, 0.05) is 24.6 Å². The summed E-state index contributed by atoms with van der Waals surface area (Å²) in [5.74, 6) is -4.12. The zero-order chi connectivity index (χ0) is 25.4. The van der Waals surface area contributed by atoms with Crippen LogP contribution in [0.2, 0.25) is 0 Å². The average Bonchev–Trinajstić information content (AvgIpc) is 3.34. The quantitative estimate of drug-likeness (QED) is 0.532. The van der Waals surface area contributed by atoms with Gasteiger partial charge in [-0.15, -0.1) is 11.3 Å². The summed E-state index contributed by atoms with van der Waals surface area (Å²) >= 11 is 1.43. The van der Waals surface area contributed by atoms with Crippen LogP contribution in [0.4, 0.5) is 8.78 Å². The Kier molecular flexibility index (Phi) is 6.45. The lowest BCUT2D eigenvalue weighted by Crippen LogP contribution is -2.52. The van der Waals surface area contributed by atoms with Gasteiger partial charge < -0.3 is 10.5 Å². The minimum atomic E-state index is -3.15. The van der Waals surface area contributed by atoms with E-state index in [1.165, 1.54) is 47.6 Å². The largest absolute Gasteiger partial charge is 0.378 e. The van der Waals surface area contributed by atoms with Crippen LogP contribution in [0.1, 0.15) is 34.4 Å². The molecule has 2 atom stereocenters. The van der Waals surface area contributed by atoms with Crippen LogP contribution in [0.15, 0.2) is 65.0 Å². The number of nitriles is 1. The van der Waals surface area contributed by atoms with Crippen LogP contribution in [-0.2, 0) is 21.0 Å². The second-order valence-electron chi connectivity index (χ2n) is 8.60. The summed E-state index contributed by atoms with van der Waals surface area (Å²) < 4.78 is 33.2. The number of likely N-dealkylation sites (N-methyl/N-ethyl adjacent to an activating group) is 1. The number of thiophene rings is 1. The van der Waals surface area contributed by atoms with Crippen LogP contribution in [0.3, 0.4) is 0 Å². The first-order chi connectivity index (χ1) is 16.6. The fraction of sp³-hybridized carbons (Fsp3) is 0.269. The molecule has 2 aromatic carbocycles. The molecule has 0 spiro atoms. The third-order valence-corrected chi connectivity index (χ3v) is 7.40. The number of nitrogens with zero attached hydrogens (tertiary/aromatic N) is 3. The number of carbonyl (C=O) groups excluding carboxylic acids is 1. The lowest BCUT2D eigenvalue weighted by Gasteiger charge is -2.40. The van der Waals surface area contributed by atoms with Crippen molar-refractivity contribution < 1.29 is 18.3 Å². The first-order valence-electron chi connectivity index (χ1n) is 10.8.